The van der Waals surface area contributed by atoms with E-state index in [0.29, 0.717) is 23.3 Å². The van der Waals surface area contributed by atoms with E-state index in [1.54, 1.807) is 17.4 Å². The molecule has 5 heteroatoms. The molecule has 2 aliphatic rings. The topological polar surface area (TPSA) is 48.7 Å². The molecule has 4 nitrogen and oxygen atoms in total. The summed E-state index contributed by atoms with van der Waals surface area (Å²) >= 11 is 1.60. The first-order valence-corrected chi connectivity index (χ1v) is 9.72. The van der Waals surface area contributed by atoms with Crippen molar-refractivity contribution >= 4 is 22.3 Å². The van der Waals surface area contributed by atoms with Gasteiger partial charge in [0.15, 0.2) is 0 Å². The van der Waals surface area contributed by atoms with Gasteiger partial charge in [-0.25, -0.2) is 4.79 Å². The first kappa shape index (κ1) is 15.2. The minimum absolute atomic E-state index is 0.413. The zero-order valence-corrected chi connectivity index (χ0v) is 15.0. The highest BCUT2D eigenvalue weighted by Crippen LogP contribution is 2.52. The van der Waals surface area contributed by atoms with Crippen molar-refractivity contribution in [3.8, 4) is 5.75 Å². The van der Waals surface area contributed by atoms with E-state index in [2.05, 4.69) is 6.07 Å². The van der Waals surface area contributed by atoms with E-state index >= 15 is 0 Å². The summed E-state index contributed by atoms with van der Waals surface area (Å²) in [6, 6.07) is 17.6. The van der Waals surface area contributed by atoms with Gasteiger partial charge in [-0.3, -0.25) is 0 Å². The van der Waals surface area contributed by atoms with E-state index in [4.69, 9.17) is 13.9 Å². The van der Waals surface area contributed by atoms with E-state index in [-0.39, 0.29) is 0 Å². The van der Waals surface area contributed by atoms with Crippen molar-refractivity contribution in [1.29, 1.82) is 0 Å². The van der Waals surface area contributed by atoms with Crippen LogP contribution in [0.25, 0.3) is 11.0 Å². The summed E-state index contributed by atoms with van der Waals surface area (Å²) in [6.07, 6.45) is 0.0733. The number of para-hydroxylation sites is 1. The Bertz CT molecular complexity index is 1240. The highest BCUT2D eigenvalue weighted by atomic mass is 32.1. The molecular weight excluding hydrogens is 360 g/mol. The molecule has 27 heavy (non-hydrogen) atoms. The predicted octanol–water partition coefficient (Wildman–Crippen LogP) is 4.76. The molecule has 0 spiro atoms. The molecular formula is C22H14O4S. The van der Waals surface area contributed by atoms with Crippen molar-refractivity contribution in [2.24, 2.45) is 0 Å². The first-order chi connectivity index (χ1) is 13.3. The van der Waals surface area contributed by atoms with Gasteiger partial charge in [-0.15, -0.1) is 0 Å². The molecule has 0 amide bonds. The number of ether oxygens (including phenoxy) is 2. The van der Waals surface area contributed by atoms with Gasteiger partial charge in [-0.1, -0.05) is 36.4 Å². The number of rotatable bonds is 1. The monoisotopic (exact) mass is 374 g/mol. The Kier molecular flexibility index (Phi) is 2.99. The Morgan fingerprint density at radius 3 is 2.78 bits per heavy atom. The molecule has 2 aromatic carbocycles. The molecule has 0 N–H and O–H groups in total. The van der Waals surface area contributed by atoms with E-state index in [9.17, 15) is 4.79 Å². The average Bonchev–Trinajstić information content (AvgIpc) is 3.23. The van der Waals surface area contributed by atoms with E-state index < -0.39 is 17.5 Å². The number of thiophene rings is 1. The summed E-state index contributed by atoms with van der Waals surface area (Å²) in [5, 5.41) is 4.85. The third kappa shape index (κ3) is 2.04. The molecule has 0 unspecified atom stereocenters. The van der Waals surface area contributed by atoms with E-state index in [0.717, 1.165) is 22.1 Å². The van der Waals surface area contributed by atoms with Gasteiger partial charge in [0.2, 0.25) is 5.79 Å². The van der Waals surface area contributed by atoms with Crippen LogP contribution in [0.1, 0.15) is 28.4 Å². The second-order valence-electron chi connectivity index (χ2n) is 6.87. The molecule has 2 aliphatic heterocycles. The smallest absolute Gasteiger partial charge is 0.346 e. The van der Waals surface area contributed by atoms with Crippen LogP contribution in [0.3, 0.4) is 0 Å². The van der Waals surface area contributed by atoms with E-state index in [1.807, 2.05) is 53.2 Å². The van der Waals surface area contributed by atoms with Gasteiger partial charge in [0.05, 0.1) is 5.39 Å². The maximum atomic E-state index is 12.9. The van der Waals surface area contributed by atoms with Gasteiger partial charge in [0, 0.05) is 17.4 Å². The van der Waals surface area contributed by atoms with Crippen LogP contribution < -0.4 is 10.4 Å². The molecule has 2 atom stereocenters. The van der Waals surface area contributed by atoms with Crippen molar-refractivity contribution in [3.63, 3.8) is 0 Å². The molecule has 0 saturated heterocycles. The summed E-state index contributed by atoms with van der Waals surface area (Å²) < 4.78 is 18.5. The zero-order chi connectivity index (χ0) is 18.0. The van der Waals surface area contributed by atoms with Crippen molar-refractivity contribution in [3.05, 3.63) is 98.0 Å². The lowest BCUT2D eigenvalue weighted by Gasteiger charge is -2.46. The Morgan fingerprint density at radius 2 is 1.89 bits per heavy atom. The minimum Gasteiger partial charge on any atom is -0.456 e. The maximum Gasteiger partial charge on any atom is 0.346 e. The van der Waals surface area contributed by atoms with Crippen molar-refractivity contribution in [2.45, 2.75) is 18.3 Å². The third-order valence-electron chi connectivity index (χ3n) is 5.36. The third-order valence-corrected chi connectivity index (χ3v) is 6.04. The van der Waals surface area contributed by atoms with Gasteiger partial charge in [0.1, 0.15) is 23.0 Å². The van der Waals surface area contributed by atoms with Gasteiger partial charge >= 0.3 is 5.63 Å². The second kappa shape index (κ2) is 5.31. The molecule has 0 saturated carbocycles. The predicted molar refractivity (Wildman–Crippen MR) is 102 cm³/mol. The van der Waals surface area contributed by atoms with Crippen molar-refractivity contribution < 1.29 is 13.9 Å². The highest BCUT2D eigenvalue weighted by Gasteiger charge is 2.50. The van der Waals surface area contributed by atoms with Crippen molar-refractivity contribution in [2.75, 3.05) is 0 Å². The standard InChI is InChI=1S/C22H14O4S/c23-21-18-19-15-6-2-1-5-13(15)11-22(25-19,14-9-10-27-12-14)26-20(18)16-7-3-4-8-17(16)24-21/h1-10,12,19H,11H2/t19-,22+/m0/s1. The van der Waals surface area contributed by atoms with Crippen LogP contribution in [0.5, 0.6) is 5.75 Å². The number of hydrogen-bond acceptors (Lipinski definition) is 5. The van der Waals surface area contributed by atoms with E-state index in [1.165, 1.54) is 0 Å². The number of benzene rings is 2. The fourth-order valence-corrected chi connectivity index (χ4v) is 4.83. The van der Waals surface area contributed by atoms with Gasteiger partial charge in [-0.2, -0.15) is 11.3 Å². The maximum absolute atomic E-state index is 12.9. The fraction of sp³-hybridized carbons (Fsp3) is 0.136. The largest absolute Gasteiger partial charge is 0.456 e. The quantitative estimate of drug-likeness (QED) is 0.451. The molecule has 0 fully saturated rings. The second-order valence-corrected chi connectivity index (χ2v) is 7.65. The summed E-state index contributed by atoms with van der Waals surface area (Å²) in [6.45, 7) is 0. The number of fused-ring (bicyclic) bond motifs is 8. The summed E-state index contributed by atoms with van der Waals surface area (Å²) in [4.78, 5) is 12.9. The molecule has 4 heterocycles. The molecule has 132 valence electrons. The van der Waals surface area contributed by atoms with Crippen LogP contribution in [-0.4, -0.2) is 0 Å². The zero-order valence-electron chi connectivity index (χ0n) is 14.2. The summed E-state index contributed by atoms with van der Waals surface area (Å²) in [5.41, 5.74) is 3.63. The van der Waals surface area contributed by atoms with Gasteiger partial charge in [-0.05, 0) is 34.7 Å². The van der Waals surface area contributed by atoms with Crippen LogP contribution >= 0.6 is 11.3 Å². The minimum atomic E-state index is -0.942. The summed E-state index contributed by atoms with van der Waals surface area (Å²) in [7, 11) is 0. The molecule has 0 radical (unpaired) electrons. The number of hydrogen-bond donors (Lipinski definition) is 0. The van der Waals surface area contributed by atoms with Gasteiger partial charge < -0.3 is 13.9 Å². The molecule has 2 aromatic heterocycles. The first-order valence-electron chi connectivity index (χ1n) is 8.78. The Morgan fingerprint density at radius 1 is 1.04 bits per heavy atom. The van der Waals surface area contributed by atoms with Crippen LogP contribution in [0.4, 0.5) is 0 Å². The average molecular weight is 374 g/mol. The lowest BCUT2D eigenvalue weighted by Crippen LogP contribution is -2.47. The fourth-order valence-electron chi connectivity index (χ4n) is 4.12. The van der Waals surface area contributed by atoms with Gasteiger partial charge in [0.25, 0.3) is 0 Å². The molecule has 2 bridgehead atoms. The molecule has 6 rings (SSSR count). The molecule has 4 aromatic rings. The summed E-state index contributed by atoms with van der Waals surface area (Å²) in [5.74, 6) is -0.374. The Labute approximate surface area is 158 Å². The Hall–Kier alpha value is -2.89. The Balaban J connectivity index is 1.72. The lowest BCUT2D eigenvalue weighted by molar-refractivity contribution is -0.237. The lowest BCUT2D eigenvalue weighted by atomic mass is 9.85. The molecule has 0 aliphatic carbocycles. The van der Waals surface area contributed by atoms with Crippen LogP contribution in [-0.2, 0) is 16.9 Å². The highest BCUT2D eigenvalue weighted by molar-refractivity contribution is 7.08. The van der Waals surface area contributed by atoms with Crippen LogP contribution in [0, 0.1) is 0 Å². The normalized spacial score (nSPS) is 22.7. The van der Waals surface area contributed by atoms with Crippen LogP contribution in [0.2, 0.25) is 0 Å². The van der Waals surface area contributed by atoms with Crippen molar-refractivity contribution in [1.82, 2.24) is 0 Å². The SMILES string of the molecule is O=c1oc2ccccc2c2c1[C@H]1O[C@](c3ccsc3)(Cc3ccccc31)O2. The van der Waals surface area contributed by atoms with Crippen LogP contribution in [0.15, 0.2) is 74.6 Å².